The van der Waals surface area contributed by atoms with E-state index in [-0.39, 0.29) is 12.0 Å². The van der Waals surface area contributed by atoms with E-state index in [9.17, 15) is 4.79 Å². The van der Waals surface area contributed by atoms with Crippen molar-refractivity contribution in [3.05, 3.63) is 20.8 Å². The van der Waals surface area contributed by atoms with Crippen molar-refractivity contribution in [2.75, 3.05) is 19.7 Å². The van der Waals surface area contributed by atoms with E-state index in [2.05, 4.69) is 15.9 Å². The highest BCUT2D eigenvalue weighted by atomic mass is 79.9. The molecule has 2 rings (SSSR count). The van der Waals surface area contributed by atoms with E-state index in [4.69, 9.17) is 4.74 Å². The molecule has 1 atom stereocenters. The van der Waals surface area contributed by atoms with Crippen molar-refractivity contribution >= 4 is 33.2 Å². The summed E-state index contributed by atoms with van der Waals surface area (Å²) in [4.78, 5) is 14.7. The summed E-state index contributed by atoms with van der Waals surface area (Å²) in [6.07, 6.45) is 0.140. The Morgan fingerprint density at radius 1 is 1.73 bits per heavy atom. The molecule has 1 aromatic heterocycles. The van der Waals surface area contributed by atoms with Gasteiger partial charge in [-0.05, 0) is 34.3 Å². The van der Waals surface area contributed by atoms with Gasteiger partial charge in [0, 0.05) is 17.6 Å². The molecule has 0 radical (unpaired) electrons. The van der Waals surface area contributed by atoms with E-state index >= 15 is 0 Å². The van der Waals surface area contributed by atoms with E-state index in [1.807, 2.05) is 23.3 Å². The maximum atomic E-state index is 12.1. The number of nitrogens with zero attached hydrogens (tertiary/aromatic N) is 1. The van der Waals surface area contributed by atoms with Gasteiger partial charge >= 0.3 is 0 Å². The summed E-state index contributed by atoms with van der Waals surface area (Å²) >= 11 is 4.85. The fourth-order valence-electron chi connectivity index (χ4n) is 1.59. The maximum Gasteiger partial charge on any atom is 0.265 e. The molecule has 1 unspecified atom stereocenters. The zero-order chi connectivity index (χ0) is 10.8. The first-order valence-electron chi connectivity index (χ1n) is 4.82. The Balaban J connectivity index is 2.11. The summed E-state index contributed by atoms with van der Waals surface area (Å²) in [5.41, 5.74) is 0. The minimum Gasteiger partial charge on any atom is -0.375 e. The van der Waals surface area contributed by atoms with Crippen molar-refractivity contribution in [1.29, 1.82) is 0 Å². The Hall–Kier alpha value is -0.390. The highest BCUT2D eigenvalue weighted by molar-refractivity contribution is 9.10. The monoisotopic (exact) mass is 289 g/mol. The standard InChI is InChI=1S/C10H12BrNO2S/c1-7-6-12(3-4-14-7)10(13)9-8(11)2-5-15-9/h2,5,7H,3-4,6H2,1H3. The topological polar surface area (TPSA) is 29.5 Å². The molecule has 1 amide bonds. The van der Waals surface area contributed by atoms with Gasteiger partial charge in [0.1, 0.15) is 4.88 Å². The van der Waals surface area contributed by atoms with Crippen LogP contribution in [0.3, 0.4) is 0 Å². The average molecular weight is 290 g/mol. The van der Waals surface area contributed by atoms with Crippen LogP contribution in [0.15, 0.2) is 15.9 Å². The van der Waals surface area contributed by atoms with Crippen LogP contribution in [-0.2, 0) is 4.74 Å². The molecule has 5 heteroatoms. The van der Waals surface area contributed by atoms with Gasteiger partial charge in [-0.3, -0.25) is 4.79 Å². The summed E-state index contributed by atoms with van der Waals surface area (Å²) in [7, 11) is 0. The molecule has 1 aliphatic heterocycles. The number of carbonyl (C=O) groups excluding carboxylic acids is 1. The summed E-state index contributed by atoms with van der Waals surface area (Å²) in [6, 6.07) is 1.90. The Morgan fingerprint density at radius 2 is 2.53 bits per heavy atom. The van der Waals surface area contributed by atoms with Crippen molar-refractivity contribution in [2.24, 2.45) is 0 Å². The van der Waals surface area contributed by atoms with E-state index in [1.165, 1.54) is 11.3 Å². The van der Waals surface area contributed by atoms with Crippen LogP contribution in [0.25, 0.3) is 0 Å². The SMILES string of the molecule is CC1CN(C(=O)c2sccc2Br)CCO1. The lowest BCUT2D eigenvalue weighted by Crippen LogP contribution is -2.44. The second-order valence-electron chi connectivity index (χ2n) is 3.53. The number of carbonyl (C=O) groups is 1. The molecular formula is C10H12BrNO2S. The summed E-state index contributed by atoms with van der Waals surface area (Å²) in [6.45, 7) is 4.00. The third-order valence-corrected chi connectivity index (χ3v) is 4.17. The molecule has 1 fully saturated rings. The smallest absolute Gasteiger partial charge is 0.265 e. The van der Waals surface area contributed by atoms with Gasteiger partial charge in [0.15, 0.2) is 0 Å². The Bertz CT molecular complexity index is 366. The molecule has 1 aliphatic rings. The molecule has 1 aromatic rings. The van der Waals surface area contributed by atoms with Gasteiger partial charge in [-0.2, -0.15) is 0 Å². The van der Waals surface area contributed by atoms with Gasteiger partial charge in [0.2, 0.25) is 0 Å². The lowest BCUT2D eigenvalue weighted by molar-refractivity contribution is -0.0122. The van der Waals surface area contributed by atoms with Crippen LogP contribution in [0, 0.1) is 0 Å². The van der Waals surface area contributed by atoms with Crippen molar-refractivity contribution in [2.45, 2.75) is 13.0 Å². The molecule has 15 heavy (non-hydrogen) atoms. The molecule has 3 nitrogen and oxygen atoms in total. The predicted octanol–water partition coefficient (Wildman–Crippen LogP) is 2.37. The second-order valence-corrected chi connectivity index (χ2v) is 5.30. The van der Waals surface area contributed by atoms with Gasteiger partial charge in [-0.1, -0.05) is 0 Å². The third kappa shape index (κ3) is 2.41. The van der Waals surface area contributed by atoms with Crippen LogP contribution in [0.1, 0.15) is 16.6 Å². The fraction of sp³-hybridized carbons (Fsp3) is 0.500. The molecule has 0 saturated carbocycles. The van der Waals surface area contributed by atoms with E-state index in [0.717, 1.165) is 9.35 Å². The first kappa shape index (κ1) is 11.1. The zero-order valence-electron chi connectivity index (χ0n) is 8.40. The number of amides is 1. The van der Waals surface area contributed by atoms with Crippen LogP contribution < -0.4 is 0 Å². The average Bonchev–Trinajstić information content (AvgIpc) is 2.63. The van der Waals surface area contributed by atoms with Crippen LogP contribution in [0.4, 0.5) is 0 Å². The van der Waals surface area contributed by atoms with Crippen LogP contribution >= 0.6 is 27.3 Å². The first-order chi connectivity index (χ1) is 7.18. The molecule has 1 saturated heterocycles. The predicted molar refractivity (Wildman–Crippen MR) is 63.3 cm³/mol. The largest absolute Gasteiger partial charge is 0.375 e. The number of thiophene rings is 1. The minimum absolute atomic E-state index is 0.104. The molecule has 0 spiro atoms. The molecule has 0 aromatic carbocycles. The number of hydrogen-bond donors (Lipinski definition) is 0. The van der Waals surface area contributed by atoms with Gasteiger partial charge in [0.05, 0.1) is 12.7 Å². The fourth-order valence-corrected chi connectivity index (χ4v) is 3.10. The number of hydrogen-bond acceptors (Lipinski definition) is 3. The van der Waals surface area contributed by atoms with Crippen molar-refractivity contribution in [1.82, 2.24) is 4.90 Å². The molecule has 2 heterocycles. The number of morpholine rings is 1. The van der Waals surface area contributed by atoms with E-state index in [1.54, 1.807) is 0 Å². The van der Waals surface area contributed by atoms with Gasteiger partial charge in [-0.15, -0.1) is 11.3 Å². The lowest BCUT2D eigenvalue weighted by atomic mass is 10.3. The molecule has 0 N–H and O–H groups in total. The van der Waals surface area contributed by atoms with E-state index in [0.29, 0.717) is 19.7 Å². The molecule has 82 valence electrons. The normalized spacial score (nSPS) is 21.7. The van der Waals surface area contributed by atoms with Crippen molar-refractivity contribution in [3.63, 3.8) is 0 Å². The Kier molecular flexibility index (Phi) is 3.43. The minimum atomic E-state index is 0.104. The molecular weight excluding hydrogens is 278 g/mol. The Labute approximate surface area is 101 Å². The number of ether oxygens (including phenoxy) is 1. The van der Waals surface area contributed by atoms with Gasteiger partial charge in [0.25, 0.3) is 5.91 Å². The van der Waals surface area contributed by atoms with Gasteiger partial charge < -0.3 is 9.64 Å². The highest BCUT2D eigenvalue weighted by Crippen LogP contribution is 2.24. The van der Waals surface area contributed by atoms with Crippen molar-refractivity contribution < 1.29 is 9.53 Å². The first-order valence-corrected chi connectivity index (χ1v) is 6.49. The summed E-state index contributed by atoms with van der Waals surface area (Å²) in [5, 5.41) is 1.92. The number of rotatable bonds is 1. The second kappa shape index (κ2) is 4.63. The van der Waals surface area contributed by atoms with Crippen LogP contribution in [0.2, 0.25) is 0 Å². The third-order valence-electron chi connectivity index (χ3n) is 2.34. The Morgan fingerprint density at radius 3 is 3.13 bits per heavy atom. The summed E-state index contributed by atoms with van der Waals surface area (Å²) in [5.74, 6) is 0.104. The zero-order valence-corrected chi connectivity index (χ0v) is 10.8. The molecule has 0 aliphatic carbocycles. The van der Waals surface area contributed by atoms with Gasteiger partial charge in [-0.25, -0.2) is 0 Å². The van der Waals surface area contributed by atoms with E-state index < -0.39 is 0 Å². The maximum absolute atomic E-state index is 12.1. The molecule has 0 bridgehead atoms. The quantitative estimate of drug-likeness (QED) is 0.794. The van der Waals surface area contributed by atoms with Crippen molar-refractivity contribution in [3.8, 4) is 0 Å². The summed E-state index contributed by atoms with van der Waals surface area (Å²) < 4.78 is 6.29. The highest BCUT2D eigenvalue weighted by Gasteiger charge is 2.24. The van der Waals surface area contributed by atoms with Crippen LogP contribution in [-0.4, -0.2) is 36.6 Å². The lowest BCUT2D eigenvalue weighted by Gasteiger charge is -2.30. The number of halogens is 1. The van der Waals surface area contributed by atoms with Crippen LogP contribution in [0.5, 0.6) is 0 Å².